The van der Waals surface area contributed by atoms with E-state index in [4.69, 9.17) is 4.74 Å². The molecule has 106 valence electrons. The van der Waals surface area contributed by atoms with Crippen molar-refractivity contribution in [2.45, 2.75) is 44.1 Å². The highest BCUT2D eigenvalue weighted by atomic mass is 16.6. The fraction of sp³-hybridized carbons (Fsp3) is 0.500. The molecular formula is C16H20N2O2. The van der Waals surface area contributed by atoms with Crippen LogP contribution >= 0.6 is 0 Å². The first kappa shape index (κ1) is 13.2. The van der Waals surface area contributed by atoms with Crippen molar-refractivity contribution in [1.82, 2.24) is 9.88 Å². The molecule has 1 spiro atoms. The van der Waals surface area contributed by atoms with Crippen LogP contribution in [-0.4, -0.2) is 28.1 Å². The molecule has 1 amide bonds. The van der Waals surface area contributed by atoms with Crippen molar-refractivity contribution in [1.29, 1.82) is 0 Å². The Kier molecular flexibility index (Phi) is 3.47. The van der Waals surface area contributed by atoms with E-state index in [0.717, 1.165) is 43.5 Å². The predicted molar refractivity (Wildman–Crippen MR) is 76.1 cm³/mol. The average Bonchev–Trinajstić information content (AvgIpc) is 2.70. The summed E-state index contributed by atoms with van der Waals surface area (Å²) in [5.41, 5.74) is 1.41. The summed E-state index contributed by atoms with van der Waals surface area (Å²) in [6, 6.07) is 5.83. The first-order valence-corrected chi connectivity index (χ1v) is 7.31. The SMILES string of the molecule is C=C1N(CCc2ccccn2)C(=O)OC12CCCCC2. The van der Waals surface area contributed by atoms with Crippen LogP contribution in [0.4, 0.5) is 4.79 Å². The van der Waals surface area contributed by atoms with Crippen molar-refractivity contribution in [3.05, 3.63) is 42.4 Å². The molecule has 2 heterocycles. The molecule has 0 unspecified atom stereocenters. The van der Waals surface area contributed by atoms with Crippen LogP contribution in [-0.2, 0) is 11.2 Å². The zero-order valence-electron chi connectivity index (χ0n) is 11.7. The van der Waals surface area contributed by atoms with Crippen molar-refractivity contribution in [2.24, 2.45) is 0 Å². The summed E-state index contributed by atoms with van der Waals surface area (Å²) in [4.78, 5) is 18.1. The molecule has 1 aliphatic heterocycles. The minimum Gasteiger partial charge on any atom is -0.436 e. The maximum absolute atomic E-state index is 12.1. The molecule has 1 aromatic rings. The maximum Gasteiger partial charge on any atom is 0.415 e. The minimum atomic E-state index is -0.417. The van der Waals surface area contributed by atoms with E-state index in [9.17, 15) is 4.79 Å². The van der Waals surface area contributed by atoms with Gasteiger partial charge in [-0.2, -0.15) is 0 Å². The third-order valence-electron chi connectivity index (χ3n) is 4.33. The summed E-state index contributed by atoms with van der Waals surface area (Å²) in [6.45, 7) is 4.73. The maximum atomic E-state index is 12.1. The lowest BCUT2D eigenvalue weighted by molar-refractivity contribution is 0.0402. The summed E-state index contributed by atoms with van der Waals surface area (Å²) in [7, 11) is 0. The number of hydrogen-bond donors (Lipinski definition) is 0. The predicted octanol–water partition coefficient (Wildman–Crippen LogP) is 3.29. The van der Waals surface area contributed by atoms with Gasteiger partial charge in [-0.15, -0.1) is 0 Å². The lowest BCUT2D eigenvalue weighted by atomic mass is 9.83. The number of carbonyl (C=O) groups excluding carboxylic acids is 1. The van der Waals surface area contributed by atoms with Gasteiger partial charge in [-0.3, -0.25) is 9.88 Å². The lowest BCUT2D eigenvalue weighted by Crippen LogP contribution is -2.34. The Morgan fingerprint density at radius 2 is 2.10 bits per heavy atom. The van der Waals surface area contributed by atoms with Crippen LogP contribution in [0.3, 0.4) is 0 Å². The minimum absolute atomic E-state index is 0.243. The molecule has 4 nitrogen and oxygen atoms in total. The first-order valence-electron chi connectivity index (χ1n) is 7.31. The summed E-state index contributed by atoms with van der Waals surface area (Å²) in [5, 5.41) is 0. The Hall–Kier alpha value is -1.84. The molecule has 4 heteroatoms. The van der Waals surface area contributed by atoms with E-state index in [1.54, 1.807) is 11.1 Å². The van der Waals surface area contributed by atoms with Gasteiger partial charge in [0.15, 0.2) is 5.60 Å². The van der Waals surface area contributed by atoms with Gasteiger partial charge in [0, 0.05) is 24.9 Å². The van der Waals surface area contributed by atoms with Gasteiger partial charge >= 0.3 is 6.09 Å². The smallest absolute Gasteiger partial charge is 0.415 e. The van der Waals surface area contributed by atoms with E-state index in [2.05, 4.69) is 11.6 Å². The fourth-order valence-electron chi connectivity index (χ4n) is 3.15. The molecule has 1 saturated heterocycles. The van der Waals surface area contributed by atoms with Crippen molar-refractivity contribution < 1.29 is 9.53 Å². The third kappa shape index (κ3) is 2.30. The van der Waals surface area contributed by atoms with Gasteiger partial charge in [-0.05, 0) is 37.8 Å². The molecule has 1 saturated carbocycles. The number of rotatable bonds is 3. The zero-order chi connectivity index (χ0) is 14.0. The quantitative estimate of drug-likeness (QED) is 0.848. The molecule has 2 fully saturated rings. The molecule has 0 N–H and O–H groups in total. The lowest BCUT2D eigenvalue weighted by Gasteiger charge is -2.32. The average molecular weight is 272 g/mol. The summed E-state index contributed by atoms with van der Waals surface area (Å²) in [6.07, 6.45) is 7.53. The van der Waals surface area contributed by atoms with Crippen molar-refractivity contribution in [3.63, 3.8) is 0 Å². The number of amides is 1. The highest BCUT2D eigenvalue weighted by molar-refractivity contribution is 5.75. The van der Waals surface area contributed by atoms with Crippen LogP contribution in [0.25, 0.3) is 0 Å². The molecule has 3 rings (SSSR count). The third-order valence-corrected chi connectivity index (χ3v) is 4.33. The van der Waals surface area contributed by atoms with Crippen LogP contribution < -0.4 is 0 Å². The van der Waals surface area contributed by atoms with Crippen LogP contribution in [0.2, 0.25) is 0 Å². The van der Waals surface area contributed by atoms with Gasteiger partial charge in [0.1, 0.15) is 0 Å². The van der Waals surface area contributed by atoms with Crippen molar-refractivity contribution >= 4 is 6.09 Å². The highest BCUT2D eigenvalue weighted by Crippen LogP contribution is 2.43. The van der Waals surface area contributed by atoms with E-state index in [-0.39, 0.29) is 6.09 Å². The van der Waals surface area contributed by atoms with Crippen molar-refractivity contribution in [3.8, 4) is 0 Å². The number of hydrogen-bond acceptors (Lipinski definition) is 3. The van der Waals surface area contributed by atoms with Gasteiger partial charge in [0.2, 0.25) is 0 Å². The molecule has 0 radical (unpaired) electrons. The molecule has 1 aromatic heterocycles. The normalized spacial score (nSPS) is 21.3. The van der Waals surface area contributed by atoms with Crippen LogP contribution in [0.5, 0.6) is 0 Å². The number of aromatic nitrogens is 1. The molecule has 20 heavy (non-hydrogen) atoms. The standard InChI is InChI=1S/C16H20N2O2/c1-13-16(9-4-2-5-10-16)20-15(19)18(13)12-8-14-7-3-6-11-17-14/h3,6-7,11H,1-2,4-5,8-10,12H2. The number of pyridine rings is 1. The van der Waals surface area contributed by atoms with Gasteiger partial charge in [-0.1, -0.05) is 19.1 Å². The van der Waals surface area contributed by atoms with E-state index in [1.807, 2.05) is 18.2 Å². The van der Waals surface area contributed by atoms with Gasteiger partial charge in [0.05, 0.1) is 5.70 Å². The first-order chi connectivity index (χ1) is 9.71. The second-order valence-corrected chi connectivity index (χ2v) is 5.59. The van der Waals surface area contributed by atoms with Crippen LogP contribution in [0, 0.1) is 0 Å². The molecule has 1 aliphatic carbocycles. The van der Waals surface area contributed by atoms with E-state index < -0.39 is 5.60 Å². The molecular weight excluding hydrogens is 252 g/mol. The number of ether oxygens (including phenoxy) is 1. The van der Waals surface area contributed by atoms with Crippen LogP contribution in [0.15, 0.2) is 36.7 Å². The largest absolute Gasteiger partial charge is 0.436 e. The highest BCUT2D eigenvalue weighted by Gasteiger charge is 2.48. The Bertz CT molecular complexity index is 506. The Balaban J connectivity index is 1.68. The van der Waals surface area contributed by atoms with E-state index in [1.165, 1.54) is 6.42 Å². The molecule has 0 aromatic carbocycles. The number of carbonyl (C=O) groups is 1. The molecule has 2 aliphatic rings. The second-order valence-electron chi connectivity index (χ2n) is 5.59. The van der Waals surface area contributed by atoms with Crippen molar-refractivity contribution in [2.75, 3.05) is 6.54 Å². The zero-order valence-corrected chi connectivity index (χ0v) is 11.7. The monoisotopic (exact) mass is 272 g/mol. The number of nitrogens with zero attached hydrogens (tertiary/aromatic N) is 2. The van der Waals surface area contributed by atoms with E-state index in [0.29, 0.717) is 6.54 Å². The molecule has 0 atom stereocenters. The Morgan fingerprint density at radius 3 is 2.80 bits per heavy atom. The van der Waals surface area contributed by atoms with Gasteiger partial charge in [0.25, 0.3) is 0 Å². The summed E-state index contributed by atoms with van der Waals surface area (Å²) >= 11 is 0. The summed E-state index contributed by atoms with van der Waals surface area (Å²) in [5.74, 6) is 0. The Labute approximate surface area is 119 Å². The summed E-state index contributed by atoms with van der Waals surface area (Å²) < 4.78 is 5.67. The van der Waals surface area contributed by atoms with Crippen LogP contribution in [0.1, 0.15) is 37.8 Å². The Morgan fingerprint density at radius 1 is 1.30 bits per heavy atom. The van der Waals surface area contributed by atoms with E-state index >= 15 is 0 Å². The fourth-order valence-corrected chi connectivity index (χ4v) is 3.15. The van der Waals surface area contributed by atoms with Gasteiger partial charge < -0.3 is 4.74 Å². The van der Waals surface area contributed by atoms with Gasteiger partial charge in [-0.25, -0.2) is 4.79 Å². The second kappa shape index (κ2) is 5.27. The molecule has 0 bridgehead atoms. The topological polar surface area (TPSA) is 42.4 Å².